The molecule has 0 unspecified atom stereocenters. The molecule has 8 aromatic carbocycles. The number of ketones is 1. The van der Waals surface area contributed by atoms with E-state index in [4.69, 9.17) is 0 Å². The molecule has 0 aliphatic carbocycles. The van der Waals surface area contributed by atoms with Gasteiger partial charge in [-0.15, -0.1) is 0 Å². The van der Waals surface area contributed by atoms with Crippen LogP contribution in [0.1, 0.15) is 21.5 Å². The molecule has 0 spiro atoms. The average Bonchev–Trinajstić information content (AvgIpc) is 3.07. The first-order chi connectivity index (χ1) is 21.1. The lowest BCUT2D eigenvalue weighted by Gasteiger charge is -2.14. The third kappa shape index (κ3) is 4.38. The minimum absolute atomic E-state index is 0.0248. The molecule has 0 aliphatic heterocycles. The molecule has 0 saturated carbocycles. The van der Waals surface area contributed by atoms with Crippen molar-refractivity contribution in [3.05, 3.63) is 168 Å². The van der Waals surface area contributed by atoms with Crippen molar-refractivity contribution in [2.24, 2.45) is 0 Å². The van der Waals surface area contributed by atoms with Gasteiger partial charge in [0.25, 0.3) is 0 Å². The second-order valence-corrected chi connectivity index (χ2v) is 11.4. The molecule has 0 heterocycles. The van der Waals surface area contributed by atoms with Crippen LogP contribution in [0.25, 0.3) is 65.3 Å². The summed E-state index contributed by atoms with van der Waals surface area (Å²) in [5.41, 5.74) is 6.71. The highest BCUT2D eigenvalue weighted by molar-refractivity contribution is 6.17. The third-order valence-corrected chi connectivity index (χ3v) is 8.72. The maximum atomic E-state index is 14.5. The van der Waals surface area contributed by atoms with Gasteiger partial charge in [0.15, 0.2) is 5.78 Å². The van der Waals surface area contributed by atoms with Gasteiger partial charge in [-0.05, 0) is 90.5 Å². The van der Waals surface area contributed by atoms with E-state index in [2.05, 4.69) is 153 Å². The molecule has 8 rings (SSSR count). The standard InChI is InChI=1S/C42H28O/c1-27-10-12-28(13-11-27)33-22-23-38(34-20-18-31-16-14-29-6-2-4-8-36(29)39(31)25-34)41(24-33)42(43)35-21-19-32-17-15-30-7-3-5-9-37(30)40(32)26-35/h2-26H,1H3. The van der Waals surface area contributed by atoms with Gasteiger partial charge < -0.3 is 0 Å². The lowest BCUT2D eigenvalue weighted by atomic mass is 9.88. The Morgan fingerprint density at radius 3 is 1.60 bits per heavy atom. The van der Waals surface area contributed by atoms with Crippen molar-refractivity contribution in [1.29, 1.82) is 0 Å². The second kappa shape index (κ2) is 10.1. The Morgan fingerprint density at radius 1 is 0.419 bits per heavy atom. The van der Waals surface area contributed by atoms with Gasteiger partial charge in [-0.1, -0.05) is 139 Å². The van der Waals surface area contributed by atoms with E-state index in [1.807, 2.05) is 6.07 Å². The molecular weight excluding hydrogens is 520 g/mol. The lowest BCUT2D eigenvalue weighted by Crippen LogP contribution is -2.04. The molecule has 0 fully saturated rings. The van der Waals surface area contributed by atoms with E-state index >= 15 is 0 Å². The summed E-state index contributed by atoms with van der Waals surface area (Å²) in [4.78, 5) is 14.5. The topological polar surface area (TPSA) is 17.1 Å². The molecule has 1 nitrogen and oxygen atoms in total. The fourth-order valence-corrected chi connectivity index (χ4v) is 6.38. The predicted molar refractivity (Wildman–Crippen MR) is 182 cm³/mol. The van der Waals surface area contributed by atoms with E-state index in [0.29, 0.717) is 11.1 Å². The molecule has 0 bridgehead atoms. The van der Waals surface area contributed by atoms with Gasteiger partial charge in [0.1, 0.15) is 0 Å². The van der Waals surface area contributed by atoms with E-state index in [-0.39, 0.29) is 5.78 Å². The number of hydrogen-bond donors (Lipinski definition) is 0. The average molecular weight is 549 g/mol. The van der Waals surface area contributed by atoms with Crippen molar-refractivity contribution in [3.63, 3.8) is 0 Å². The summed E-state index contributed by atoms with van der Waals surface area (Å²) in [6.45, 7) is 2.09. The molecule has 0 radical (unpaired) electrons. The molecule has 0 aromatic heterocycles. The smallest absolute Gasteiger partial charge is 0.193 e. The van der Waals surface area contributed by atoms with Crippen molar-refractivity contribution in [3.8, 4) is 22.3 Å². The van der Waals surface area contributed by atoms with Crippen LogP contribution < -0.4 is 0 Å². The lowest BCUT2D eigenvalue weighted by molar-refractivity contribution is 0.103. The zero-order valence-corrected chi connectivity index (χ0v) is 23.8. The van der Waals surface area contributed by atoms with E-state index in [0.717, 1.165) is 38.4 Å². The van der Waals surface area contributed by atoms with Crippen LogP contribution in [0.15, 0.2) is 152 Å². The summed E-state index contributed by atoms with van der Waals surface area (Å²) >= 11 is 0. The summed E-state index contributed by atoms with van der Waals surface area (Å²) in [6, 6.07) is 52.9. The molecule has 43 heavy (non-hydrogen) atoms. The number of fused-ring (bicyclic) bond motifs is 6. The monoisotopic (exact) mass is 548 g/mol. The first-order valence-electron chi connectivity index (χ1n) is 14.7. The zero-order valence-electron chi connectivity index (χ0n) is 23.8. The first-order valence-corrected chi connectivity index (χ1v) is 14.7. The van der Waals surface area contributed by atoms with E-state index in [1.54, 1.807) is 0 Å². The van der Waals surface area contributed by atoms with Gasteiger partial charge in [-0.3, -0.25) is 4.79 Å². The van der Waals surface area contributed by atoms with Gasteiger partial charge in [-0.2, -0.15) is 0 Å². The molecule has 8 aromatic rings. The first kappa shape index (κ1) is 25.2. The molecule has 0 amide bonds. The second-order valence-electron chi connectivity index (χ2n) is 11.4. The van der Waals surface area contributed by atoms with Crippen LogP contribution in [-0.4, -0.2) is 5.78 Å². The number of carbonyl (C=O) groups is 1. The van der Waals surface area contributed by atoms with Crippen molar-refractivity contribution >= 4 is 48.9 Å². The van der Waals surface area contributed by atoms with Crippen LogP contribution >= 0.6 is 0 Å². The largest absolute Gasteiger partial charge is 0.289 e. The Hall–Kier alpha value is -5.53. The highest BCUT2D eigenvalue weighted by Gasteiger charge is 2.18. The number of aryl methyl sites for hydroxylation is 1. The number of hydrogen-bond acceptors (Lipinski definition) is 1. The summed E-state index contributed by atoms with van der Waals surface area (Å²) in [7, 11) is 0. The van der Waals surface area contributed by atoms with Crippen molar-refractivity contribution in [2.45, 2.75) is 6.92 Å². The Bertz CT molecular complexity index is 2360. The molecule has 0 saturated heterocycles. The molecule has 0 atom stereocenters. The Labute approximate surface area is 250 Å². The predicted octanol–water partition coefficient (Wildman–Crippen LogP) is 11.2. The van der Waals surface area contributed by atoms with Crippen LogP contribution in [-0.2, 0) is 0 Å². The van der Waals surface area contributed by atoms with Crippen LogP contribution in [0.5, 0.6) is 0 Å². The molecule has 0 N–H and O–H groups in total. The molecule has 0 aliphatic rings. The summed E-state index contributed by atoms with van der Waals surface area (Å²) in [5.74, 6) is 0.0248. The fourth-order valence-electron chi connectivity index (χ4n) is 6.38. The van der Waals surface area contributed by atoms with E-state index < -0.39 is 0 Å². The van der Waals surface area contributed by atoms with Crippen molar-refractivity contribution in [1.82, 2.24) is 0 Å². The van der Waals surface area contributed by atoms with Crippen molar-refractivity contribution in [2.75, 3.05) is 0 Å². The summed E-state index contributed by atoms with van der Waals surface area (Å²) in [6.07, 6.45) is 0. The highest BCUT2D eigenvalue weighted by Crippen LogP contribution is 2.35. The number of carbonyl (C=O) groups excluding carboxylic acids is 1. The summed E-state index contributed by atoms with van der Waals surface area (Å²) in [5, 5.41) is 9.35. The zero-order chi connectivity index (χ0) is 28.9. The SMILES string of the molecule is Cc1ccc(-c2ccc(-c3ccc4ccc5ccccc5c4c3)c(C(=O)c3ccc4ccc5ccccc5c4c3)c2)cc1. The third-order valence-electron chi connectivity index (χ3n) is 8.72. The maximum Gasteiger partial charge on any atom is 0.193 e. The number of benzene rings is 8. The highest BCUT2D eigenvalue weighted by atomic mass is 16.1. The molecule has 1 heteroatoms. The van der Waals surface area contributed by atoms with Gasteiger partial charge >= 0.3 is 0 Å². The van der Waals surface area contributed by atoms with Crippen LogP contribution in [0.3, 0.4) is 0 Å². The Balaban J connectivity index is 1.34. The fraction of sp³-hybridized carbons (Fsp3) is 0.0238. The van der Waals surface area contributed by atoms with Crippen LogP contribution in [0.2, 0.25) is 0 Å². The molecular formula is C42H28O. The Kier molecular flexibility index (Phi) is 5.91. The van der Waals surface area contributed by atoms with Crippen LogP contribution in [0, 0.1) is 6.92 Å². The van der Waals surface area contributed by atoms with Gasteiger partial charge in [-0.25, -0.2) is 0 Å². The van der Waals surface area contributed by atoms with Crippen molar-refractivity contribution < 1.29 is 4.79 Å². The number of rotatable bonds is 4. The van der Waals surface area contributed by atoms with Crippen LogP contribution in [0.4, 0.5) is 0 Å². The minimum Gasteiger partial charge on any atom is -0.289 e. The quantitative estimate of drug-likeness (QED) is 0.158. The Morgan fingerprint density at radius 2 is 0.930 bits per heavy atom. The van der Waals surface area contributed by atoms with E-state index in [1.165, 1.54) is 32.5 Å². The van der Waals surface area contributed by atoms with Gasteiger partial charge in [0.05, 0.1) is 0 Å². The van der Waals surface area contributed by atoms with E-state index in [9.17, 15) is 4.79 Å². The normalized spacial score (nSPS) is 11.5. The summed E-state index contributed by atoms with van der Waals surface area (Å²) < 4.78 is 0. The molecule has 202 valence electrons. The van der Waals surface area contributed by atoms with Gasteiger partial charge in [0, 0.05) is 11.1 Å². The maximum absolute atomic E-state index is 14.5. The minimum atomic E-state index is 0.0248. The van der Waals surface area contributed by atoms with Gasteiger partial charge in [0.2, 0.25) is 0 Å².